The first kappa shape index (κ1) is 15.9. The van der Waals surface area contributed by atoms with Gasteiger partial charge in [0.15, 0.2) is 0 Å². The summed E-state index contributed by atoms with van der Waals surface area (Å²) in [6, 6.07) is 1.47. The number of alkyl halides is 3. The monoisotopic (exact) mass is 300 g/mol. The second kappa shape index (κ2) is 5.85. The third-order valence-electron chi connectivity index (χ3n) is 2.22. The molecule has 4 nitrogen and oxygen atoms in total. The van der Waals surface area contributed by atoms with Crippen molar-refractivity contribution in [2.75, 3.05) is 20.1 Å². The number of nitrogens with one attached hydrogen (secondary N) is 2. The summed E-state index contributed by atoms with van der Waals surface area (Å²) >= 11 is 0. The van der Waals surface area contributed by atoms with Crippen LogP contribution in [0.5, 0.6) is 0 Å². The fourth-order valence-corrected chi connectivity index (χ4v) is 2.33. The Labute approximate surface area is 107 Å². The van der Waals surface area contributed by atoms with Crippen LogP contribution in [0.1, 0.15) is 5.56 Å². The Kier molecular flexibility index (Phi) is 4.88. The second-order valence-electron chi connectivity index (χ2n) is 3.64. The van der Waals surface area contributed by atoms with Crippen molar-refractivity contribution in [3.63, 3.8) is 0 Å². The average Bonchev–Trinajstić information content (AvgIpc) is 2.27. The Hall–Kier alpha value is -1.19. The molecule has 0 aromatic heterocycles. The second-order valence-corrected chi connectivity index (χ2v) is 5.41. The van der Waals surface area contributed by atoms with Gasteiger partial charge in [0.1, 0.15) is 5.82 Å². The lowest BCUT2D eigenvalue weighted by Gasteiger charge is -2.10. The van der Waals surface area contributed by atoms with Crippen LogP contribution in [0.2, 0.25) is 0 Å². The Morgan fingerprint density at radius 3 is 2.32 bits per heavy atom. The number of hydrogen-bond acceptors (Lipinski definition) is 3. The van der Waals surface area contributed by atoms with Crippen molar-refractivity contribution < 1.29 is 26.0 Å². The van der Waals surface area contributed by atoms with Crippen LogP contribution in [0, 0.1) is 5.82 Å². The number of likely N-dealkylation sites (N-methyl/N-ethyl adjacent to an activating group) is 1. The molecule has 9 heteroatoms. The molecule has 0 saturated heterocycles. The molecule has 0 aliphatic rings. The van der Waals surface area contributed by atoms with Gasteiger partial charge in [0, 0.05) is 13.1 Å². The topological polar surface area (TPSA) is 58.2 Å². The highest BCUT2D eigenvalue weighted by Gasteiger charge is 2.34. The number of rotatable bonds is 5. The molecule has 0 heterocycles. The third-order valence-corrected chi connectivity index (χ3v) is 3.68. The van der Waals surface area contributed by atoms with E-state index in [0.717, 1.165) is 0 Å². The van der Waals surface area contributed by atoms with Crippen molar-refractivity contribution in [1.29, 1.82) is 0 Å². The predicted molar refractivity (Wildman–Crippen MR) is 60.5 cm³/mol. The van der Waals surface area contributed by atoms with E-state index in [1.165, 1.54) is 0 Å². The molecule has 1 rings (SSSR count). The first-order chi connectivity index (χ1) is 8.68. The summed E-state index contributed by atoms with van der Waals surface area (Å²) in [6.45, 7) is 0.379. The number of benzene rings is 1. The molecular weight excluding hydrogens is 288 g/mol. The highest BCUT2D eigenvalue weighted by Crippen LogP contribution is 2.32. The van der Waals surface area contributed by atoms with Crippen molar-refractivity contribution in [3.8, 4) is 0 Å². The van der Waals surface area contributed by atoms with Crippen LogP contribution in [0.25, 0.3) is 0 Å². The largest absolute Gasteiger partial charge is 0.419 e. The zero-order valence-electron chi connectivity index (χ0n) is 9.88. The fraction of sp³-hybridized carbons (Fsp3) is 0.400. The normalized spacial score (nSPS) is 12.7. The zero-order chi connectivity index (χ0) is 14.7. The van der Waals surface area contributed by atoms with Crippen LogP contribution >= 0.6 is 0 Å². The molecule has 0 unspecified atom stereocenters. The smallest absolute Gasteiger partial charge is 0.318 e. The summed E-state index contributed by atoms with van der Waals surface area (Å²) in [6.07, 6.45) is -4.86. The van der Waals surface area contributed by atoms with Crippen LogP contribution in [0.3, 0.4) is 0 Å². The maximum atomic E-state index is 13.2. The van der Waals surface area contributed by atoms with Gasteiger partial charge in [0.2, 0.25) is 10.0 Å². The van der Waals surface area contributed by atoms with Gasteiger partial charge in [-0.1, -0.05) is 0 Å². The van der Waals surface area contributed by atoms with E-state index in [4.69, 9.17) is 0 Å². The lowest BCUT2D eigenvalue weighted by molar-refractivity contribution is -0.140. The summed E-state index contributed by atoms with van der Waals surface area (Å²) in [5.74, 6) is -1.62. The van der Waals surface area contributed by atoms with E-state index in [0.29, 0.717) is 24.7 Å². The van der Waals surface area contributed by atoms with Gasteiger partial charge in [-0.15, -0.1) is 0 Å². The maximum Gasteiger partial charge on any atom is 0.419 e. The summed E-state index contributed by atoms with van der Waals surface area (Å²) in [5, 5.41) is 2.68. The Bertz CT molecular complexity index is 543. The van der Waals surface area contributed by atoms with Gasteiger partial charge in [-0.2, -0.15) is 13.2 Å². The molecule has 0 spiro atoms. The Balaban J connectivity index is 3.01. The molecule has 0 radical (unpaired) electrons. The molecule has 0 aliphatic carbocycles. The summed E-state index contributed by atoms with van der Waals surface area (Å²) in [5.41, 5.74) is -1.50. The van der Waals surface area contributed by atoms with Crippen LogP contribution in [-0.2, 0) is 16.2 Å². The molecule has 0 aliphatic heterocycles. The highest BCUT2D eigenvalue weighted by molar-refractivity contribution is 7.89. The van der Waals surface area contributed by atoms with Crippen molar-refractivity contribution >= 4 is 10.0 Å². The molecule has 0 bridgehead atoms. The van der Waals surface area contributed by atoms with Crippen LogP contribution in [0.15, 0.2) is 23.1 Å². The average molecular weight is 300 g/mol. The van der Waals surface area contributed by atoms with Gasteiger partial charge in [-0.3, -0.25) is 0 Å². The van der Waals surface area contributed by atoms with E-state index < -0.39 is 32.5 Å². The number of halogens is 4. The van der Waals surface area contributed by atoms with Crippen molar-refractivity contribution in [2.24, 2.45) is 0 Å². The molecule has 108 valence electrons. The number of hydrogen-bond donors (Lipinski definition) is 2. The van der Waals surface area contributed by atoms with Crippen LogP contribution in [-0.4, -0.2) is 28.6 Å². The van der Waals surface area contributed by atoms with Gasteiger partial charge in [-0.05, 0) is 25.2 Å². The summed E-state index contributed by atoms with van der Waals surface area (Å²) in [4.78, 5) is -0.547. The Morgan fingerprint density at radius 1 is 1.21 bits per heavy atom. The van der Waals surface area contributed by atoms with E-state index in [1.807, 2.05) is 0 Å². The molecule has 0 saturated carbocycles. The third kappa shape index (κ3) is 4.15. The standard InChI is InChI=1S/C10H12F4N2O2S/c1-15-4-5-16-19(17,18)7-2-3-8(9(11)6-7)10(12,13)14/h2-3,6,15-16H,4-5H2,1H3. The molecule has 0 atom stereocenters. The van der Waals surface area contributed by atoms with Crippen LogP contribution in [0.4, 0.5) is 17.6 Å². The lowest BCUT2D eigenvalue weighted by Crippen LogP contribution is -2.30. The van der Waals surface area contributed by atoms with E-state index in [2.05, 4.69) is 10.0 Å². The first-order valence-corrected chi connectivity index (χ1v) is 6.68. The van der Waals surface area contributed by atoms with E-state index in [1.54, 1.807) is 7.05 Å². The SMILES string of the molecule is CNCCNS(=O)(=O)c1ccc(C(F)(F)F)c(F)c1. The maximum absolute atomic E-state index is 13.2. The van der Waals surface area contributed by atoms with E-state index in [9.17, 15) is 26.0 Å². The van der Waals surface area contributed by atoms with Gasteiger partial charge in [0.05, 0.1) is 10.5 Å². The highest BCUT2D eigenvalue weighted by atomic mass is 32.2. The van der Waals surface area contributed by atoms with Crippen molar-refractivity contribution in [3.05, 3.63) is 29.6 Å². The molecule has 19 heavy (non-hydrogen) atoms. The quantitative estimate of drug-likeness (QED) is 0.637. The molecule has 2 N–H and O–H groups in total. The van der Waals surface area contributed by atoms with Gasteiger partial charge in [-0.25, -0.2) is 17.5 Å². The molecule has 0 fully saturated rings. The lowest BCUT2D eigenvalue weighted by atomic mass is 10.2. The molecular formula is C10H12F4N2O2S. The summed E-state index contributed by atoms with van der Waals surface area (Å²) < 4.78 is 75.6. The van der Waals surface area contributed by atoms with Crippen molar-refractivity contribution in [2.45, 2.75) is 11.1 Å². The van der Waals surface area contributed by atoms with E-state index >= 15 is 0 Å². The predicted octanol–water partition coefficient (Wildman–Crippen LogP) is 1.34. The molecule has 1 aromatic rings. The van der Waals surface area contributed by atoms with Gasteiger partial charge < -0.3 is 5.32 Å². The minimum atomic E-state index is -4.86. The molecule has 0 amide bonds. The first-order valence-electron chi connectivity index (χ1n) is 5.19. The zero-order valence-corrected chi connectivity index (χ0v) is 10.7. The fourth-order valence-electron chi connectivity index (χ4n) is 1.29. The minimum absolute atomic E-state index is 0.0431. The van der Waals surface area contributed by atoms with Gasteiger partial charge >= 0.3 is 6.18 Å². The van der Waals surface area contributed by atoms with Crippen molar-refractivity contribution in [1.82, 2.24) is 10.0 Å². The number of sulfonamides is 1. The molecule has 1 aromatic carbocycles. The van der Waals surface area contributed by atoms with Crippen LogP contribution < -0.4 is 10.0 Å². The minimum Gasteiger partial charge on any atom is -0.318 e. The van der Waals surface area contributed by atoms with Gasteiger partial charge in [0.25, 0.3) is 0 Å². The Morgan fingerprint density at radius 2 is 1.84 bits per heavy atom. The van der Waals surface area contributed by atoms with E-state index in [-0.39, 0.29) is 6.54 Å². The summed E-state index contributed by atoms with van der Waals surface area (Å²) in [7, 11) is -2.41.